The highest BCUT2D eigenvalue weighted by Crippen LogP contribution is 2.25. The zero-order valence-electron chi connectivity index (χ0n) is 10.2. The van der Waals surface area contributed by atoms with Gasteiger partial charge in [0.25, 0.3) is 0 Å². The highest BCUT2D eigenvalue weighted by atomic mass is 19.3. The van der Waals surface area contributed by atoms with Crippen LogP contribution in [0.2, 0.25) is 0 Å². The summed E-state index contributed by atoms with van der Waals surface area (Å²) in [6, 6.07) is 0. The fourth-order valence-corrected chi connectivity index (χ4v) is 2.31. The van der Waals surface area contributed by atoms with Gasteiger partial charge in [0, 0.05) is 18.0 Å². The summed E-state index contributed by atoms with van der Waals surface area (Å²) in [7, 11) is 0. The summed E-state index contributed by atoms with van der Waals surface area (Å²) in [5.41, 5.74) is 2.00. The molecular weight excluding hydrogens is 226 g/mol. The molecule has 17 heavy (non-hydrogen) atoms. The van der Waals surface area contributed by atoms with Gasteiger partial charge in [-0.2, -0.15) is 0 Å². The minimum absolute atomic E-state index is 0.420. The molecule has 0 saturated carbocycles. The molecule has 0 amide bonds. The molecule has 2 heterocycles. The summed E-state index contributed by atoms with van der Waals surface area (Å²) in [5.74, 6) is 0.411. The van der Waals surface area contributed by atoms with E-state index in [2.05, 4.69) is 10.1 Å². The number of halogens is 2. The van der Waals surface area contributed by atoms with Crippen molar-refractivity contribution in [3.63, 3.8) is 0 Å². The maximum absolute atomic E-state index is 12.5. The molecule has 0 aromatic carbocycles. The Morgan fingerprint density at radius 3 is 2.47 bits per heavy atom. The van der Waals surface area contributed by atoms with Crippen LogP contribution in [0.3, 0.4) is 0 Å². The summed E-state index contributed by atoms with van der Waals surface area (Å²) in [5, 5.41) is 3.90. The Labute approximate surface area is 99.8 Å². The van der Waals surface area contributed by atoms with E-state index >= 15 is 0 Å². The minimum atomic E-state index is -2.17. The molecule has 0 unspecified atom stereocenters. The van der Waals surface area contributed by atoms with Gasteiger partial charge in [0.05, 0.1) is 5.69 Å². The highest BCUT2D eigenvalue weighted by molar-refractivity contribution is 5.20. The third kappa shape index (κ3) is 2.83. The summed E-state index contributed by atoms with van der Waals surface area (Å²) >= 11 is 0. The number of piperidine rings is 1. The number of aryl methyl sites for hydroxylation is 2. The largest absolute Gasteiger partial charge is 0.361 e. The number of likely N-dealkylation sites (tertiary alicyclic amines) is 1. The van der Waals surface area contributed by atoms with Crippen LogP contribution in [0.25, 0.3) is 0 Å². The van der Waals surface area contributed by atoms with Gasteiger partial charge in [-0.25, -0.2) is 8.78 Å². The molecule has 0 radical (unpaired) electrons. The second-order valence-electron chi connectivity index (χ2n) is 4.75. The molecule has 0 atom stereocenters. The third-order valence-corrected chi connectivity index (χ3v) is 3.55. The first-order valence-corrected chi connectivity index (χ1v) is 6.00. The molecule has 3 nitrogen and oxygen atoms in total. The van der Waals surface area contributed by atoms with Gasteiger partial charge in [0.1, 0.15) is 5.76 Å². The Hall–Kier alpha value is -0.970. The molecule has 0 aliphatic carbocycles. The van der Waals surface area contributed by atoms with E-state index in [1.165, 1.54) is 0 Å². The molecule has 1 saturated heterocycles. The lowest BCUT2D eigenvalue weighted by molar-refractivity contribution is 0.0334. The molecule has 1 aromatic rings. The molecule has 0 N–H and O–H groups in total. The number of aromatic nitrogens is 1. The summed E-state index contributed by atoms with van der Waals surface area (Å²) in [4.78, 5) is 2.20. The maximum atomic E-state index is 12.5. The molecular formula is C12H18F2N2O. The molecule has 1 aliphatic heterocycles. The van der Waals surface area contributed by atoms with E-state index in [4.69, 9.17) is 4.52 Å². The summed E-state index contributed by atoms with van der Waals surface area (Å²) < 4.78 is 30.1. The van der Waals surface area contributed by atoms with Gasteiger partial charge in [0.2, 0.25) is 6.43 Å². The third-order valence-electron chi connectivity index (χ3n) is 3.55. The average molecular weight is 244 g/mol. The number of nitrogens with zero attached hydrogens (tertiary/aromatic N) is 2. The van der Waals surface area contributed by atoms with Crippen molar-refractivity contribution in [3.8, 4) is 0 Å². The Kier molecular flexibility index (Phi) is 3.76. The Balaban J connectivity index is 1.90. The van der Waals surface area contributed by atoms with Crippen LogP contribution in [-0.4, -0.2) is 29.6 Å². The zero-order valence-corrected chi connectivity index (χ0v) is 10.2. The van der Waals surface area contributed by atoms with E-state index < -0.39 is 12.3 Å². The van der Waals surface area contributed by atoms with E-state index in [0.29, 0.717) is 12.8 Å². The van der Waals surface area contributed by atoms with Crippen molar-refractivity contribution < 1.29 is 13.3 Å². The van der Waals surface area contributed by atoms with E-state index in [1.54, 1.807) is 0 Å². The first kappa shape index (κ1) is 12.5. The zero-order chi connectivity index (χ0) is 12.4. The van der Waals surface area contributed by atoms with Crippen LogP contribution >= 0.6 is 0 Å². The lowest BCUT2D eigenvalue weighted by Crippen LogP contribution is -2.35. The average Bonchev–Trinajstić information content (AvgIpc) is 2.61. The first-order valence-electron chi connectivity index (χ1n) is 6.00. The second-order valence-corrected chi connectivity index (χ2v) is 4.75. The Morgan fingerprint density at radius 2 is 2.00 bits per heavy atom. The number of rotatable bonds is 3. The van der Waals surface area contributed by atoms with Gasteiger partial charge < -0.3 is 4.52 Å². The first-order chi connectivity index (χ1) is 8.08. The lowest BCUT2D eigenvalue weighted by atomic mass is 9.97. The van der Waals surface area contributed by atoms with E-state index in [1.807, 2.05) is 13.8 Å². The predicted molar refractivity (Wildman–Crippen MR) is 60.0 cm³/mol. The molecule has 2 rings (SSSR count). The van der Waals surface area contributed by atoms with Crippen LogP contribution in [0.15, 0.2) is 4.52 Å². The molecule has 0 bridgehead atoms. The van der Waals surface area contributed by atoms with Crippen LogP contribution in [0.4, 0.5) is 8.78 Å². The fourth-order valence-electron chi connectivity index (χ4n) is 2.31. The van der Waals surface area contributed by atoms with E-state index in [9.17, 15) is 8.78 Å². The quantitative estimate of drug-likeness (QED) is 0.818. The SMILES string of the molecule is Cc1noc(C)c1CN1CCC(C(F)F)CC1. The molecule has 1 aliphatic rings. The van der Waals surface area contributed by atoms with Crippen molar-refractivity contribution in [3.05, 3.63) is 17.0 Å². The van der Waals surface area contributed by atoms with Gasteiger partial charge in [-0.05, 0) is 39.8 Å². The van der Waals surface area contributed by atoms with Gasteiger partial charge in [-0.1, -0.05) is 5.16 Å². The molecule has 1 fully saturated rings. The molecule has 5 heteroatoms. The van der Waals surface area contributed by atoms with Crippen LogP contribution in [0.1, 0.15) is 29.9 Å². The Morgan fingerprint density at radius 1 is 1.35 bits per heavy atom. The lowest BCUT2D eigenvalue weighted by Gasteiger charge is -2.31. The fraction of sp³-hybridized carbons (Fsp3) is 0.750. The predicted octanol–water partition coefficient (Wildman–Crippen LogP) is 2.77. The maximum Gasteiger partial charge on any atom is 0.241 e. The standard InChI is InChI=1S/C12H18F2N2O/c1-8-11(9(2)17-15-8)7-16-5-3-10(4-6-16)12(13)14/h10,12H,3-7H2,1-2H3. The van der Waals surface area contributed by atoms with Crippen molar-refractivity contribution in [1.29, 1.82) is 0 Å². The van der Waals surface area contributed by atoms with E-state index in [-0.39, 0.29) is 0 Å². The van der Waals surface area contributed by atoms with Crippen molar-refractivity contribution in [2.75, 3.05) is 13.1 Å². The van der Waals surface area contributed by atoms with Crippen molar-refractivity contribution in [2.45, 2.75) is 39.7 Å². The highest BCUT2D eigenvalue weighted by Gasteiger charge is 2.26. The van der Waals surface area contributed by atoms with Crippen molar-refractivity contribution in [1.82, 2.24) is 10.1 Å². The van der Waals surface area contributed by atoms with Gasteiger partial charge in [-0.15, -0.1) is 0 Å². The summed E-state index contributed by atoms with van der Waals surface area (Å²) in [6.45, 7) is 6.04. The number of hydrogen-bond acceptors (Lipinski definition) is 3. The number of alkyl halides is 2. The van der Waals surface area contributed by atoms with Crippen molar-refractivity contribution in [2.24, 2.45) is 5.92 Å². The summed E-state index contributed by atoms with van der Waals surface area (Å²) in [6.07, 6.45) is -1.00. The van der Waals surface area contributed by atoms with Gasteiger partial charge in [-0.3, -0.25) is 4.90 Å². The van der Waals surface area contributed by atoms with Crippen LogP contribution < -0.4 is 0 Å². The smallest absolute Gasteiger partial charge is 0.241 e. The van der Waals surface area contributed by atoms with Crippen LogP contribution in [0, 0.1) is 19.8 Å². The van der Waals surface area contributed by atoms with Crippen molar-refractivity contribution >= 4 is 0 Å². The second kappa shape index (κ2) is 5.12. The van der Waals surface area contributed by atoms with Gasteiger partial charge >= 0.3 is 0 Å². The monoisotopic (exact) mass is 244 g/mol. The molecule has 0 spiro atoms. The topological polar surface area (TPSA) is 29.3 Å². The molecule has 1 aromatic heterocycles. The van der Waals surface area contributed by atoms with Gasteiger partial charge in [0.15, 0.2) is 0 Å². The van der Waals surface area contributed by atoms with Crippen LogP contribution in [-0.2, 0) is 6.54 Å². The molecule has 96 valence electrons. The van der Waals surface area contributed by atoms with E-state index in [0.717, 1.165) is 36.7 Å². The normalized spacial score (nSPS) is 19.1. The minimum Gasteiger partial charge on any atom is -0.361 e. The van der Waals surface area contributed by atoms with Crippen LogP contribution in [0.5, 0.6) is 0 Å². The Bertz CT molecular complexity index is 351. The number of hydrogen-bond donors (Lipinski definition) is 0.